The minimum atomic E-state index is -1.08. The van der Waals surface area contributed by atoms with Gasteiger partial charge in [0.05, 0.1) is 22.5 Å². The first-order valence-corrected chi connectivity index (χ1v) is 8.66. The van der Waals surface area contributed by atoms with Crippen LogP contribution in [0.4, 0.5) is 8.78 Å². The van der Waals surface area contributed by atoms with Crippen LogP contribution in [-0.4, -0.2) is 32.4 Å². The Balaban J connectivity index is 1.91. The van der Waals surface area contributed by atoms with Crippen LogP contribution >= 0.6 is 0 Å². The molecule has 27 heavy (non-hydrogen) atoms. The van der Waals surface area contributed by atoms with Crippen molar-refractivity contribution in [1.82, 2.24) is 14.8 Å². The molecule has 0 radical (unpaired) electrons. The van der Waals surface area contributed by atoms with Gasteiger partial charge in [0.25, 0.3) is 0 Å². The van der Waals surface area contributed by atoms with Gasteiger partial charge in [0.15, 0.2) is 17.9 Å². The van der Waals surface area contributed by atoms with Gasteiger partial charge in [0, 0.05) is 18.1 Å². The Kier molecular flexibility index (Phi) is 4.35. The molecule has 140 valence electrons. The lowest BCUT2D eigenvalue weighted by Crippen LogP contribution is -2.19. The van der Waals surface area contributed by atoms with Crippen LogP contribution in [-0.2, 0) is 4.74 Å². The first-order valence-electron chi connectivity index (χ1n) is 8.66. The predicted octanol–water partition coefficient (Wildman–Crippen LogP) is 4.08. The topological polar surface area (TPSA) is 77.2 Å². The highest BCUT2D eigenvalue weighted by Crippen LogP contribution is 2.33. The van der Waals surface area contributed by atoms with Crippen molar-refractivity contribution in [3.05, 3.63) is 47.2 Å². The Bertz CT molecular complexity index is 1040. The van der Waals surface area contributed by atoms with Crippen LogP contribution in [0.1, 0.15) is 41.5 Å². The molecule has 1 atom stereocenters. The summed E-state index contributed by atoms with van der Waals surface area (Å²) in [4.78, 5) is 15.5. The highest BCUT2D eigenvalue weighted by Gasteiger charge is 2.24. The number of pyridine rings is 1. The van der Waals surface area contributed by atoms with E-state index in [9.17, 15) is 18.7 Å². The van der Waals surface area contributed by atoms with Gasteiger partial charge in [-0.05, 0) is 44.4 Å². The molecule has 1 N–H and O–H groups in total. The highest BCUT2D eigenvalue weighted by molar-refractivity contribution is 5.94. The van der Waals surface area contributed by atoms with Crippen molar-refractivity contribution in [2.24, 2.45) is 0 Å². The predicted molar refractivity (Wildman–Crippen MR) is 93.4 cm³/mol. The molecule has 1 aliphatic rings. The minimum Gasteiger partial charge on any atom is -0.478 e. The van der Waals surface area contributed by atoms with Gasteiger partial charge in [-0.25, -0.2) is 18.3 Å². The molecular weight excluding hydrogens is 356 g/mol. The lowest BCUT2D eigenvalue weighted by Gasteiger charge is -2.23. The van der Waals surface area contributed by atoms with E-state index in [1.807, 2.05) is 0 Å². The van der Waals surface area contributed by atoms with E-state index >= 15 is 0 Å². The molecule has 1 saturated heterocycles. The Morgan fingerprint density at radius 2 is 2.04 bits per heavy atom. The number of nitrogens with zero attached hydrogens (tertiary/aromatic N) is 3. The molecular formula is C19H17F2N3O3. The zero-order valence-corrected chi connectivity index (χ0v) is 14.6. The SMILES string of the molecule is Cc1nc(-c2nn(C3CCCCO3)c3cc(F)c(F)cc23)ccc1C(=O)O. The van der Waals surface area contributed by atoms with E-state index in [1.54, 1.807) is 11.6 Å². The molecule has 1 aromatic carbocycles. The van der Waals surface area contributed by atoms with Crippen LogP contribution in [0.15, 0.2) is 24.3 Å². The third-order valence-corrected chi connectivity index (χ3v) is 4.74. The van der Waals surface area contributed by atoms with Crippen LogP contribution in [0.5, 0.6) is 0 Å². The standard InChI is InChI=1S/C19H17F2N3O3/c1-10-11(19(25)26)5-6-15(22-10)18-12-8-13(20)14(21)9-16(12)24(23-18)17-4-2-3-7-27-17/h5-6,8-9,17H,2-4,7H2,1H3,(H,25,26). The first kappa shape index (κ1) is 17.5. The van der Waals surface area contributed by atoms with Crippen LogP contribution in [0, 0.1) is 18.6 Å². The first-order chi connectivity index (χ1) is 13.0. The average molecular weight is 373 g/mol. The van der Waals surface area contributed by atoms with Gasteiger partial charge in [-0.2, -0.15) is 5.10 Å². The van der Waals surface area contributed by atoms with Crippen molar-refractivity contribution in [2.45, 2.75) is 32.4 Å². The molecule has 4 rings (SSSR count). The molecule has 0 bridgehead atoms. The maximum Gasteiger partial charge on any atom is 0.337 e. The van der Waals surface area contributed by atoms with Gasteiger partial charge in [0.1, 0.15) is 5.69 Å². The molecule has 0 amide bonds. The Morgan fingerprint density at radius 1 is 1.26 bits per heavy atom. The largest absolute Gasteiger partial charge is 0.478 e. The summed E-state index contributed by atoms with van der Waals surface area (Å²) in [7, 11) is 0. The molecule has 1 unspecified atom stereocenters. The fourth-order valence-electron chi connectivity index (χ4n) is 3.38. The van der Waals surface area contributed by atoms with Gasteiger partial charge < -0.3 is 9.84 Å². The quantitative estimate of drug-likeness (QED) is 0.748. The molecule has 3 heterocycles. The fourth-order valence-corrected chi connectivity index (χ4v) is 3.38. The third-order valence-electron chi connectivity index (χ3n) is 4.74. The monoisotopic (exact) mass is 373 g/mol. The number of carbonyl (C=O) groups is 1. The number of hydrogen-bond donors (Lipinski definition) is 1. The van der Waals surface area contributed by atoms with Crippen LogP contribution in [0.3, 0.4) is 0 Å². The maximum atomic E-state index is 13.9. The van der Waals surface area contributed by atoms with Crippen LogP contribution < -0.4 is 0 Å². The Morgan fingerprint density at radius 3 is 2.70 bits per heavy atom. The van der Waals surface area contributed by atoms with Gasteiger partial charge in [-0.15, -0.1) is 0 Å². The summed E-state index contributed by atoms with van der Waals surface area (Å²) >= 11 is 0. The molecule has 1 aliphatic heterocycles. The molecule has 0 saturated carbocycles. The Labute approximate surface area is 153 Å². The van der Waals surface area contributed by atoms with Gasteiger partial charge in [-0.3, -0.25) is 4.98 Å². The summed E-state index contributed by atoms with van der Waals surface area (Å²) in [5, 5.41) is 14.1. The zero-order valence-electron chi connectivity index (χ0n) is 14.6. The molecule has 0 spiro atoms. The molecule has 6 nitrogen and oxygen atoms in total. The molecule has 8 heteroatoms. The van der Waals surface area contributed by atoms with Crippen LogP contribution in [0.25, 0.3) is 22.3 Å². The van der Waals surface area contributed by atoms with E-state index in [-0.39, 0.29) is 11.8 Å². The fraction of sp³-hybridized carbons (Fsp3) is 0.316. The number of benzene rings is 1. The summed E-state index contributed by atoms with van der Waals surface area (Å²) in [6, 6.07) is 5.15. The smallest absolute Gasteiger partial charge is 0.337 e. The zero-order chi connectivity index (χ0) is 19.1. The number of ether oxygens (including phenoxy) is 1. The second kappa shape index (κ2) is 6.70. The summed E-state index contributed by atoms with van der Waals surface area (Å²) < 4.78 is 35.1. The number of hydrogen-bond acceptors (Lipinski definition) is 4. The van der Waals surface area contributed by atoms with E-state index in [1.165, 1.54) is 12.1 Å². The van der Waals surface area contributed by atoms with Gasteiger partial charge in [-0.1, -0.05) is 0 Å². The second-order valence-electron chi connectivity index (χ2n) is 6.53. The average Bonchev–Trinajstić information content (AvgIpc) is 3.01. The number of halogens is 2. The number of aryl methyl sites for hydroxylation is 1. The number of aromatic nitrogens is 3. The number of carboxylic acids is 1. The second-order valence-corrected chi connectivity index (χ2v) is 6.53. The normalized spacial score (nSPS) is 17.4. The summed E-state index contributed by atoms with van der Waals surface area (Å²) in [5.41, 5.74) is 1.56. The minimum absolute atomic E-state index is 0.0790. The molecule has 0 aliphatic carbocycles. The van der Waals surface area contributed by atoms with E-state index < -0.39 is 17.6 Å². The van der Waals surface area contributed by atoms with Crippen molar-refractivity contribution in [1.29, 1.82) is 0 Å². The van der Waals surface area contributed by atoms with E-state index in [4.69, 9.17) is 4.74 Å². The van der Waals surface area contributed by atoms with E-state index in [0.717, 1.165) is 31.4 Å². The van der Waals surface area contributed by atoms with Crippen molar-refractivity contribution in [2.75, 3.05) is 6.61 Å². The summed E-state index contributed by atoms with van der Waals surface area (Å²) in [6.07, 6.45) is 2.26. The van der Waals surface area contributed by atoms with E-state index in [0.29, 0.717) is 34.6 Å². The third kappa shape index (κ3) is 3.06. The number of aromatic carboxylic acids is 1. The van der Waals surface area contributed by atoms with Crippen molar-refractivity contribution < 1.29 is 23.4 Å². The number of carboxylic acid groups (broad SMARTS) is 1. The maximum absolute atomic E-state index is 13.9. The van der Waals surface area contributed by atoms with Crippen molar-refractivity contribution >= 4 is 16.9 Å². The number of rotatable bonds is 3. The summed E-state index contributed by atoms with van der Waals surface area (Å²) in [6.45, 7) is 2.16. The van der Waals surface area contributed by atoms with Crippen molar-refractivity contribution in [3.8, 4) is 11.4 Å². The van der Waals surface area contributed by atoms with E-state index in [2.05, 4.69) is 10.1 Å². The lowest BCUT2D eigenvalue weighted by molar-refractivity contribution is -0.0365. The van der Waals surface area contributed by atoms with Gasteiger partial charge in [0.2, 0.25) is 0 Å². The van der Waals surface area contributed by atoms with Gasteiger partial charge >= 0.3 is 5.97 Å². The summed E-state index contributed by atoms with van der Waals surface area (Å²) in [5.74, 6) is -3.02. The van der Waals surface area contributed by atoms with Crippen LogP contribution in [0.2, 0.25) is 0 Å². The number of fused-ring (bicyclic) bond motifs is 1. The molecule has 3 aromatic rings. The van der Waals surface area contributed by atoms with Crippen molar-refractivity contribution in [3.63, 3.8) is 0 Å². The Hall–Kier alpha value is -2.87. The lowest BCUT2D eigenvalue weighted by atomic mass is 10.1. The highest BCUT2D eigenvalue weighted by atomic mass is 19.2. The molecule has 2 aromatic heterocycles. The molecule has 1 fully saturated rings.